The van der Waals surface area contributed by atoms with E-state index in [9.17, 15) is 31.1 Å². The van der Waals surface area contributed by atoms with Crippen molar-refractivity contribution in [2.45, 2.75) is 31.6 Å². The lowest BCUT2D eigenvalue weighted by Crippen LogP contribution is -2.21. The van der Waals surface area contributed by atoms with E-state index < -0.39 is 33.9 Å². The zero-order chi connectivity index (χ0) is 16.6. The average molecular weight is 331 g/mol. The van der Waals surface area contributed by atoms with Crippen LogP contribution in [-0.4, -0.2) is 5.94 Å². The maximum Gasteiger partial charge on any atom is 0.416 e. The van der Waals surface area contributed by atoms with E-state index >= 15 is 0 Å². The first-order valence-corrected chi connectivity index (χ1v) is 5.89. The third-order valence-electron chi connectivity index (χ3n) is 2.95. The normalized spacial score (nSPS) is 13.0. The van der Waals surface area contributed by atoms with E-state index in [0.29, 0.717) is 12.1 Å². The summed E-state index contributed by atoms with van der Waals surface area (Å²) in [5.41, 5.74) is -4.82. The minimum atomic E-state index is -4.95. The molecule has 1 aromatic carbocycles. The fourth-order valence-corrected chi connectivity index (χ4v) is 1.68. The summed E-state index contributed by atoms with van der Waals surface area (Å²) in [5.74, 6) is 1.29. The highest BCUT2D eigenvalue weighted by molar-refractivity contribution is 6.34. The van der Waals surface area contributed by atoms with Crippen LogP contribution in [0.2, 0.25) is 0 Å². The first-order chi connectivity index (χ1) is 9.30. The molecule has 0 saturated carbocycles. The van der Waals surface area contributed by atoms with Crippen LogP contribution in [0.3, 0.4) is 0 Å². The van der Waals surface area contributed by atoms with Gasteiger partial charge in [-0.1, -0.05) is 25.4 Å². The van der Waals surface area contributed by atoms with Crippen LogP contribution < -0.4 is 0 Å². The molecule has 0 bridgehead atoms. The lowest BCUT2D eigenvalue weighted by atomic mass is 9.82. The number of benzene rings is 1. The van der Waals surface area contributed by atoms with Gasteiger partial charge in [0.05, 0.1) is 11.1 Å². The maximum absolute atomic E-state index is 12.7. The van der Waals surface area contributed by atoms with E-state index in [1.807, 2.05) is 0 Å². The number of alkyl halides is 6. The van der Waals surface area contributed by atoms with Gasteiger partial charge in [-0.2, -0.15) is 26.3 Å². The van der Waals surface area contributed by atoms with Crippen molar-refractivity contribution in [1.29, 1.82) is 0 Å². The standard InChI is InChI=1S/C13H9ClF6O/c1-11(2,10(14)6-21)7-3-8(12(15,16)17)5-9(4-7)13(18,19)20/h3-5H,1-2H3. The zero-order valence-electron chi connectivity index (χ0n) is 10.8. The number of hydrogen-bond donors (Lipinski definition) is 0. The Bertz CT molecular complexity index is 561. The highest BCUT2D eigenvalue weighted by atomic mass is 35.5. The van der Waals surface area contributed by atoms with E-state index in [0.717, 1.165) is 0 Å². The molecule has 0 aliphatic carbocycles. The van der Waals surface area contributed by atoms with Crippen LogP contribution in [0.1, 0.15) is 30.5 Å². The molecule has 0 fully saturated rings. The zero-order valence-corrected chi connectivity index (χ0v) is 11.5. The maximum atomic E-state index is 12.7. The van der Waals surface area contributed by atoms with E-state index in [-0.39, 0.29) is 11.6 Å². The van der Waals surface area contributed by atoms with Crippen LogP contribution in [0.5, 0.6) is 0 Å². The van der Waals surface area contributed by atoms with E-state index in [2.05, 4.69) is 0 Å². The lowest BCUT2D eigenvalue weighted by molar-refractivity contribution is -0.143. The van der Waals surface area contributed by atoms with Crippen LogP contribution >= 0.6 is 11.6 Å². The summed E-state index contributed by atoms with van der Waals surface area (Å²) in [6.45, 7) is 2.46. The summed E-state index contributed by atoms with van der Waals surface area (Å²) in [4.78, 5) is 10.6. The van der Waals surface area contributed by atoms with Crippen molar-refractivity contribution >= 4 is 17.5 Å². The fraction of sp³-hybridized carbons (Fsp3) is 0.385. The second-order valence-corrected chi connectivity index (χ2v) is 5.21. The number of allylic oxidation sites excluding steroid dienone is 1. The lowest BCUT2D eigenvalue weighted by Gasteiger charge is -2.25. The van der Waals surface area contributed by atoms with Gasteiger partial charge >= 0.3 is 12.4 Å². The Morgan fingerprint density at radius 2 is 1.24 bits per heavy atom. The third-order valence-corrected chi connectivity index (χ3v) is 3.50. The van der Waals surface area contributed by atoms with Crippen molar-refractivity contribution in [1.82, 2.24) is 0 Å². The fourth-order valence-electron chi connectivity index (χ4n) is 1.57. The van der Waals surface area contributed by atoms with Gasteiger partial charge in [0.1, 0.15) is 11.0 Å². The molecular weight excluding hydrogens is 322 g/mol. The van der Waals surface area contributed by atoms with Gasteiger partial charge in [0.15, 0.2) is 0 Å². The summed E-state index contributed by atoms with van der Waals surface area (Å²) >= 11 is 5.56. The van der Waals surface area contributed by atoms with Gasteiger partial charge in [0.25, 0.3) is 0 Å². The molecule has 1 nitrogen and oxygen atoms in total. The summed E-state index contributed by atoms with van der Waals surface area (Å²) < 4.78 is 76.3. The van der Waals surface area contributed by atoms with Gasteiger partial charge in [-0.3, -0.25) is 0 Å². The second kappa shape index (κ2) is 5.39. The number of carbonyl (C=O) groups excluding carboxylic acids is 1. The van der Waals surface area contributed by atoms with Gasteiger partial charge in [-0.05, 0) is 23.8 Å². The highest BCUT2D eigenvalue weighted by Gasteiger charge is 2.39. The summed E-state index contributed by atoms with van der Waals surface area (Å²) in [6, 6.07) is 1.09. The SMILES string of the molecule is CC(C)(C(Cl)=C=O)c1cc(C(F)(F)F)cc(C(F)(F)F)c1. The van der Waals surface area contributed by atoms with Gasteiger partial charge < -0.3 is 0 Å². The molecule has 0 unspecified atom stereocenters. The Morgan fingerprint density at radius 3 is 1.52 bits per heavy atom. The first-order valence-electron chi connectivity index (χ1n) is 5.51. The molecule has 0 amide bonds. The summed E-state index contributed by atoms with van der Waals surface area (Å²) in [6.07, 6.45) is -9.91. The van der Waals surface area contributed by atoms with Crippen LogP contribution in [0.4, 0.5) is 26.3 Å². The van der Waals surface area contributed by atoms with Crippen LogP contribution in [-0.2, 0) is 22.6 Å². The van der Waals surface area contributed by atoms with Crippen molar-refractivity contribution in [3.8, 4) is 0 Å². The van der Waals surface area contributed by atoms with Crippen LogP contribution in [0.15, 0.2) is 23.2 Å². The molecule has 0 saturated heterocycles. The van der Waals surface area contributed by atoms with Gasteiger partial charge in [0, 0.05) is 5.41 Å². The average Bonchev–Trinajstić information content (AvgIpc) is 2.35. The van der Waals surface area contributed by atoms with Crippen molar-refractivity contribution in [2.75, 3.05) is 0 Å². The molecule has 0 spiro atoms. The highest BCUT2D eigenvalue weighted by Crippen LogP contribution is 2.41. The Morgan fingerprint density at radius 1 is 0.905 bits per heavy atom. The Balaban J connectivity index is 3.65. The largest absolute Gasteiger partial charge is 0.416 e. The molecule has 116 valence electrons. The number of rotatable bonds is 2. The predicted molar refractivity (Wildman–Crippen MR) is 64.5 cm³/mol. The Hall–Kier alpha value is -1.46. The Labute approximate surface area is 121 Å². The molecule has 0 aromatic heterocycles. The van der Waals surface area contributed by atoms with Crippen LogP contribution in [0, 0.1) is 0 Å². The topological polar surface area (TPSA) is 17.1 Å². The predicted octanol–water partition coefficient (Wildman–Crippen LogP) is 4.96. The minimum absolute atomic E-state index is 0.0120. The van der Waals surface area contributed by atoms with Crippen molar-refractivity contribution < 1.29 is 31.1 Å². The minimum Gasteiger partial charge on any atom is -0.232 e. The Kier molecular flexibility index (Phi) is 4.51. The van der Waals surface area contributed by atoms with E-state index in [1.54, 1.807) is 0 Å². The van der Waals surface area contributed by atoms with E-state index in [1.165, 1.54) is 19.8 Å². The molecule has 0 aliphatic heterocycles. The van der Waals surface area contributed by atoms with Crippen molar-refractivity contribution in [3.63, 3.8) is 0 Å². The molecule has 0 radical (unpaired) electrons. The summed E-state index contributed by atoms with van der Waals surface area (Å²) in [5, 5.41) is -0.519. The second-order valence-electron chi connectivity index (χ2n) is 4.84. The molecule has 21 heavy (non-hydrogen) atoms. The summed E-state index contributed by atoms with van der Waals surface area (Å²) in [7, 11) is 0. The van der Waals surface area contributed by atoms with Crippen molar-refractivity contribution in [2.24, 2.45) is 0 Å². The molecular formula is C13H9ClF6O. The molecule has 1 aromatic rings. The number of halogens is 7. The van der Waals surface area contributed by atoms with Gasteiger partial charge in [-0.15, -0.1) is 0 Å². The molecule has 0 aliphatic rings. The third kappa shape index (κ3) is 3.80. The smallest absolute Gasteiger partial charge is 0.232 e. The van der Waals surface area contributed by atoms with Gasteiger partial charge in [-0.25, -0.2) is 4.79 Å². The van der Waals surface area contributed by atoms with Gasteiger partial charge in [0.2, 0.25) is 0 Å². The molecule has 0 atom stereocenters. The van der Waals surface area contributed by atoms with E-state index in [4.69, 9.17) is 11.6 Å². The van der Waals surface area contributed by atoms with Crippen molar-refractivity contribution in [3.05, 3.63) is 39.9 Å². The number of hydrogen-bond acceptors (Lipinski definition) is 1. The quantitative estimate of drug-likeness (QED) is 0.553. The monoisotopic (exact) mass is 330 g/mol. The first kappa shape index (κ1) is 17.6. The van der Waals surface area contributed by atoms with Crippen LogP contribution in [0.25, 0.3) is 0 Å². The molecule has 0 N–H and O–H groups in total. The molecule has 1 rings (SSSR count). The molecule has 0 heterocycles. The molecule has 8 heteroatoms.